The molecule has 2 saturated heterocycles. The minimum atomic E-state index is -0.772. The number of aliphatic hydroxyl groups is 1. The molecule has 0 radical (unpaired) electrons. The minimum absolute atomic E-state index is 0.0277. The zero-order chi connectivity index (χ0) is 20.4. The van der Waals surface area contributed by atoms with Crippen molar-refractivity contribution in [3.8, 4) is 5.75 Å². The molecular weight excluding hydrogens is 372 g/mol. The Hall–Kier alpha value is -3.19. The molecule has 7 heteroatoms. The van der Waals surface area contributed by atoms with Crippen molar-refractivity contribution < 1.29 is 24.2 Å². The van der Waals surface area contributed by atoms with E-state index in [1.165, 1.54) is 12.0 Å². The Morgan fingerprint density at radius 1 is 1.28 bits per heavy atom. The quantitative estimate of drug-likeness (QED) is 0.477. The third kappa shape index (κ3) is 3.61. The molecule has 1 aromatic carbocycles. The van der Waals surface area contributed by atoms with E-state index >= 15 is 0 Å². The summed E-state index contributed by atoms with van der Waals surface area (Å²) in [7, 11) is 1.52. The number of methoxy groups -OCH3 is 1. The average molecular weight is 394 g/mol. The van der Waals surface area contributed by atoms with Crippen LogP contribution in [0.5, 0.6) is 5.75 Å². The minimum Gasteiger partial charge on any atom is -0.507 e. The first-order chi connectivity index (χ1) is 14.1. The lowest BCUT2D eigenvalue weighted by molar-refractivity contribution is -0.140. The Kier molecular flexibility index (Phi) is 5.31. The molecule has 29 heavy (non-hydrogen) atoms. The predicted molar refractivity (Wildman–Crippen MR) is 105 cm³/mol. The van der Waals surface area contributed by atoms with Gasteiger partial charge in [0, 0.05) is 24.9 Å². The number of likely N-dealkylation sites (tertiary alicyclic amines) is 1. The summed E-state index contributed by atoms with van der Waals surface area (Å²) >= 11 is 0. The van der Waals surface area contributed by atoms with E-state index in [-0.39, 0.29) is 24.0 Å². The van der Waals surface area contributed by atoms with Crippen molar-refractivity contribution in [3.05, 3.63) is 65.5 Å². The highest BCUT2D eigenvalue weighted by Crippen LogP contribution is 2.39. The number of carbonyl (C=O) groups is 2. The molecule has 150 valence electrons. The number of ether oxygens (including phenoxy) is 2. The SMILES string of the molecule is COc1cccc(/C(O)=C2/C(=O)C(=O)N(CC3CCCO3)C2c2ccccn2)c1. The third-order valence-corrected chi connectivity index (χ3v) is 5.28. The Morgan fingerprint density at radius 2 is 2.14 bits per heavy atom. The van der Waals surface area contributed by atoms with Crippen LogP contribution in [0.4, 0.5) is 0 Å². The summed E-state index contributed by atoms with van der Waals surface area (Å²) in [5.41, 5.74) is 0.953. The van der Waals surface area contributed by atoms with Gasteiger partial charge in [0.2, 0.25) is 0 Å². The maximum atomic E-state index is 12.9. The van der Waals surface area contributed by atoms with Crippen LogP contribution in [-0.2, 0) is 14.3 Å². The Balaban J connectivity index is 1.81. The normalized spacial score (nSPS) is 23.6. The van der Waals surface area contributed by atoms with Gasteiger partial charge in [-0.2, -0.15) is 0 Å². The number of hydrogen-bond donors (Lipinski definition) is 1. The van der Waals surface area contributed by atoms with Crippen LogP contribution in [0.25, 0.3) is 5.76 Å². The average Bonchev–Trinajstić information content (AvgIpc) is 3.36. The van der Waals surface area contributed by atoms with Crippen LogP contribution in [0.2, 0.25) is 0 Å². The fourth-order valence-electron chi connectivity index (χ4n) is 3.85. The smallest absolute Gasteiger partial charge is 0.295 e. The molecule has 1 amide bonds. The highest BCUT2D eigenvalue weighted by atomic mass is 16.5. The molecule has 3 heterocycles. The van der Waals surface area contributed by atoms with Crippen LogP contribution in [0.3, 0.4) is 0 Å². The summed E-state index contributed by atoms with van der Waals surface area (Å²) in [6.45, 7) is 0.924. The lowest BCUT2D eigenvalue weighted by Gasteiger charge is -2.26. The van der Waals surface area contributed by atoms with Crippen LogP contribution in [0.15, 0.2) is 54.2 Å². The number of ketones is 1. The number of carbonyl (C=O) groups excluding carboxylic acids is 2. The molecule has 2 aliphatic rings. The van der Waals surface area contributed by atoms with E-state index in [1.54, 1.807) is 48.7 Å². The van der Waals surface area contributed by atoms with Gasteiger partial charge in [-0.15, -0.1) is 0 Å². The standard InChI is InChI=1S/C22H22N2O5/c1-28-15-7-4-6-14(12-15)20(25)18-19(17-9-2-3-10-23-17)24(22(27)21(18)26)13-16-8-5-11-29-16/h2-4,6-7,9-10,12,16,19,25H,5,8,11,13H2,1H3/b20-18-. The van der Waals surface area contributed by atoms with Crippen molar-refractivity contribution in [1.82, 2.24) is 9.88 Å². The van der Waals surface area contributed by atoms with E-state index in [4.69, 9.17) is 9.47 Å². The van der Waals surface area contributed by atoms with E-state index in [9.17, 15) is 14.7 Å². The lowest BCUT2D eigenvalue weighted by atomic mass is 9.98. The number of Topliss-reactive ketones (excluding diaryl/α,β-unsaturated/α-hetero) is 1. The number of nitrogens with zero attached hydrogens (tertiary/aromatic N) is 2. The summed E-state index contributed by atoms with van der Waals surface area (Å²) in [5.74, 6) is -1.08. The number of aliphatic hydroxyl groups excluding tert-OH is 1. The van der Waals surface area contributed by atoms with Gasteiger partial charge in [-0.3, -0.25) is 14.6 Å². The molecule has 2 aromatic rings. The van der Waals surface area contributed by atoms with Gasteiger partial charge in [-0.1, -0.05) is 18.2 Å². The van der Waals surface area contributed by atoms with Crippen molar-refractivity contribution in [2.45, 2.75) is 25.0 Å². The van der Waals surface area contributed by atoms with Gasteiger partial charge in [0.25, 0.3) is 11.7 Å². The van der Waals surface area contributed by atoms with Gasteiger partial charge in [0.05, 0.1) is 24.5 Å². The highest BCUT2D eigenvalue weighted by Gasteiger charge is 2.47. The Bertz CT molecular complexity index is 951. The molecule has 2 atom stereocenters. The van der Waals surface area contributed by atoms with Gasteiger partial charge in [-0.25, -0.2) is 0 Å². The van der Waals surface area contributed by atoms with Crippen LogP contribution < -0.4 is 4.74 Å². The second-order valence-corrected chi connectivity index (χ2v) is 7.07. The first kappa shape index (κ1) is 19.1. The molecule has 7 nitrogen and oxygen atoms in total. The van der Waals surface area contributed by atoms with Gasteiger partial charge in [0.15, 0.2) is 0 Å². The predicted octanol–water partition coefficient (Wildman–Crippen LogP) is 2.69. The number of hydrogen-bond acceptors (Lipinski definition) is 6. The fraction of sp³-hybridized carbons (Fsp3) is 0.318. The zero-order valence-corrected chi connectivity index (χ0v) is 16.1. The number of amides is 1. The molecule has 0 bridgehead atoms. The largest absolute Gasteiger partial charge is 0.507 e. The monoisotopic (exact) mass is 394 g/mol. The van der Waals surface area contributed by atoms with Crippen LogP contribution in [0, 0.1) is 0 Å². The van der Waals surface area contributed by atoms with Crippen LogP contribution >= 0.6 is 0 Å². The van der Waals surface area contributed by atoms with Gasteiger partial charge in [0.1, 0.15) is 17.6 Å². The summed E-state index contributed by atoms with van der Waals surface area (Å²) in [6.07, 6.45) is 3.23. The molecule has 0 aliphatic carbocycles. The second kappa shape index (κ2) is 8.05. The lowest BCUT2D eigenvalue weighted by Crippen LogP contribution is -2.36. The molecular formula is C22H22N2O5. The molecule has 1 N–H and O–H groups in total. The maximum Gasteiger partial charge on any atom is 0.295 e. The molecule has 0 saturated carbocycles. The molecule has 2 aliphatic heterocycles. The Morgan fingerprint density at radius 3 is 2.83 bits per heavy atom. The first-order valence-electron chi connectivity index (χ1n) is 9.55. The van der Waals surface area contributed by atoms with Gasteiger partial charge >= 0.3 is 0 Å². The van der Waals surface area contributed by atoms with E-state index < -0.39 is 17.7 Å². The highest BCUT2D eigenvalue weighted by molar-refractivity contribution is 6.46. The van der Waals surface area contributed by atoms with Crippen molar-refractivity contribution in [3.63, 3.8) is 0 Å². The van der Waals surface area contributed by atoms with Crippen molar-refractivity contribution in [2.75, 3.05) is 20.3 Å². The van der Waals surface area contributed by atoms with Crippen LogP contribution in [-0.4, -0.2) is 53.0 Å². The maximum absolute atomic E-state index is 12.9. The number of benzene rings is 1. The van der Waals surface area contributed by atoms with Crippen molar-refractivity contribution in [1.29, 1.82) is 0 Å². The Labute approximate surface area is 168 Å². The summed E-state index contributed by atoms with van der Waals surface area (Å²) in [6, 6.07) is 11.3. The molecule has 2 fully saturated rings. The van der Waals surface area contributed by atoms with Gasteiger partial charge < -0.3 is 19.5 Å². The van der Waals surface area contributed by atoms with E-state index in [0.29, 0.717) is 23.6 Å². The topological polar surface area (TPSA) is 89.0 Å². The number of aromatic nitrogens is 1. The zero-order valence-electron chi connectivity index (χ0n) is 16.1. The van der Waals surface area contributed by atoms with E-state index in [2.05, 4.69) is 4.98 Å². The van der Waals surface area contributed by atoms with E-state index in [0.717, 1.165) is 12.8 Å². The van der Waals surface area contributed by atoms with E-state index in [1.807, 2.05) is 0 Å². The summed E-state index contributed by atoms with van der Waals surface area (Å²) in [5, 5.41) is 11.0. The number of pyridine rings is 1. The molecule has 2 unspecified atom stereocenters. The van der Waals surface area contributed by atoms with Crippen molar-refractivity contribution >= 4 is 17.4 Å². The molecule has 4 rings (SSSR count). The van der Waals surface area contributed by atoms with Crippen molar-refractivity contribution in [2.24, 2.45) is 0 Å². The number of rotatable bonds is 5. The summed E-state index contributed by atoms with van der Waals surface area (Å²) < 4.78 is 10.9. The summed E-state index contributed by atoms with van der Waals surface area (Å²) in [4.78, 5) is 31.6. The fourth-order valence-corrected chi connectivity index (χ4v) is 3.85. The third-order valence-electron chi connectivity index (χ3n) is 5.28. The van der Waals surface area contributed by atoms with Gasteiger partial charge in [-0.05, 0) is 37.1 Å². The second-order valence-electron chi connectivity index (χ2n) is 7.07. The van der Waals surface area contributed by atoms with Crippen LogP contribution in [0.1, 0.15) is 30.1 Å². The first-order valence-corrected chi connectivity index (χ1v) is 9.55. The molecule has 1 aromatic heterocycles. The molecule has 0 spiro atoms.